The molecule has 2 aromatic carbocycles. The van der Waals surface area contributed by atoms with Gasteiger partial charge in [0.15, 0.2) is 0 Å². The average Bonchev–Trinajstić information content (AvgIpc) is 2.61. The number of phenolic OH excluding ortho intramolecular Hbond substituents is 1. The molecule has 0 saturated carbocycles. The summed E-state index contributed by atoms with van der Waals surface area (Å²) in [5, 5.41) is 12.2. The third-order valence-corrected chi connectivity index (χ3v) is 4.48. The number of anilines is 1. The molecule has 0 aliphatic rings. The molecule has 3 aromatic rings. The van der Waals surface area contributed by atoms with E-state index >= 15 is 0 Å². The SMILES string of the molecule is CCCN(CCC)c1c(C)nc(-c2cccc(O)c2)c2ccccc12. The van der Waals surface area contributed by atoms with Crippen LogP contribution in [-0.2, 0) is 0 Å². The first-order valence-electron chi connectivity index (χ1n) is 9.09. The number of fused-ring (bicyclic) bond motifs is 1. The largest absolute Gasteiger partial charge is 0.508 e. The van der Waals surface area contributed by atoms with Crippen molar-refractivity contribution in [1.82, 2.24) is 4.98 Å². The predicted octanol–water partition coefficient (Wildman–Crippen LogP) is 5.54. The zero-order valence-corrected chi connectivity index (χ0v) is 15.3. The molecule has 1 N–H and O–H groups in total. The molecule has 3 heteroatoms. The highest BCUT2D eigenvalue weighted by atomic mass is 16.3. The smallest absolute Gasteiger partial charge is 0.116 e. The van der Waals surface area contributed by atoms with E-state index in [0.717, 1.165) is 48.3 Å². The molecule has 0 atom stereocenters. The standard InChI is InChI=1S/C22H26N2O/c1-4-13-24(14-5-2)22-16(3)23-21(17-9-8-10-18(25)15-17)19-11-6-7-12-20(19)22/h6-12,15,25H,4-5,13-14H2,1-3H3. The Kier molecular flexibility index (Phi) is 5.22. The van der Waals surface area contributed by atoms with E-state index in [1.807, 2.05) is 12.1 Å². The van der Waals surface area contributed by atoms with E-state index in [2.05, 4.69) is 49.9 Å². The Morgan fingerprint density at radius 1 is 0.920 bits per heavy atom. The summed E-state index contributed by atoms with van der Waals surface area (Å²) in [5.74, 6) is 0.267. The highest BCUT2D eigenvalue weighted by molar-refractivity contribution is 6.03. The summed E-state index contributed by atoms with van der Waals surface area (Å²) < 4.78 is 0. The Bertz CT molecular complexity index is 867. The van der Waals surface area contributed by atoms with E-state index in [1.165, 1.54) is 11.1 Å². The van der Waals surface area contributed by atoms with Gasteiger partial charge in [0.05, 0.1) is 17.1 Å². The van der Waals surface area contributed by atoms with E-state index in [9.17, 15) is 5.11 Å². The zero-order chi connectivity index (χ0) is 17.8. The Morgan fingerprint density at radius 3 is 2.24 bits per heavy atom. The third-order valence-electron chi connectivity index (χ3n) is 4.48. The maximum atomic E-state index is 9.86. The molecule has 0 bridgehead atoms. The number of pyridine rings is 1. The van der Waals surface area contributed by atoms with Crippen molar-refractivity contribution in [3.05, 3.63) is 54.2 Å². The van der Waals surface area contributed by atoms with Crippen LogP contribution in [0.4, 0.5) is 5.69 Å². The van der Waals surface area contributed by atoms with E-state index < -0.39 is 0 Å². The summed E-state index contributed by atoms with van der Waals surface area (Å²) >= 11 is 0. The minimum absolute atomic E-state index is 0.267. The maximum absolute atomic E-state index is 9.86. The molecule has 1 heterocycles. The van der Waals surface area contributed by atoms with Gasteiger partial charge in [0.2, 0.25) is 0 Å². The molecular weight excluding hydrogens is 308 g/mol. The summed E-state index contributed by atoms with van der Waals surface area (Å²) in [7, 11) is 0. The molecule has 0 amide bonds. The quantitative estimate of drug-likeness (QED) is 0.643. The van der Waals surface area contributed by atoms with Crippen molar-refractivity contribution in [3.63, 3.8) is 0 Å². The van der Waals surface area contributed by atoms with Gasteiger partial charge < -0.3 is 10.0 Å². The molecule has 130 valence electrons. The summed E-state index contributed by atoms with van der Waals surface area (Å²) in [5.41, 5.74) is 4.16. The Morgan fingerprint density at radius 2 is 1.60 bits per heavy atom. The van der Waals surface area contributed by atoms with Crippen LogP contribution in [0.1, 0.15) is 32.4 Å². The fourth-order valence-corrected chi connectivity index (χ4v) is 3.52. The lowest BCUT2D eigenvalue weighted by Crippen LogP contribution is -2.26. The number of aryl methyl sites for hydroxylation is 1. The monoisotopic (exact) mass is 334 g/mol. The second-order valence-corrected chi connectivity index (χ2v) is 6.48. The number of phenols is 1. The lowest BCUT2D eigenvalue weighted by atomic mass is 10.0. The van der Waals surface area contributed by atoms with Gasteiger partial charge in [-0.3, -0.25) is 4.98 Å². The number of aromatic hydroxyl groups is 1. The van der Waals surface area contributed by atoms with Crippen molar-refractivity contribution in [2.24, 2.45) is 0 Å². The molecule has 0 unspecified atom stereocenters. The van der Waals surface area contributed by atoms with Crippen LogP contribution in [0, 0.1) is 6.92 Å². The minimum atomic E-state index is 0.267. The lowest BCUT2D eigenvalue weighted by Gasteiger charge is -2.27. The van der Waals surface area contributed by atoms with Crippen molar-refractivity contribution in [2.45, 2.75) is 33.6 Å². The number of benzene rings is 2. The Labute approximate surface area is 149 Å². The number of aromatic nitrogens is 1. The van der Waals surface area contributed by atoms with Crippen LogP contribution in [-0.4, -0.2) is 23.2 Å². The van der Waals surface area contributed by atoms with Crippen molar-refractivity contribution < 1.29 is 5.11 Å². The molecule has 1 aromatic heterocycles. The molecule has 0 spiro atoms. The molecule has 0 aliphatic carbocycles. The summed E-state index contributed by atoms with van der Waals surface area (Å²) in [4.78, 5) is 7.40. The Balaban J connectivity index is 2.25. The third kappa shape index (κ3) is 3.46. The van der Waals surface area contributed by atoms with Gasteiger partial charge in [-0.05, 0) is 31.9 Å². The molecule has 0 saturated heterocycles. The molecular formula is C22H26N2O. The molecule has 0 fully saturated rings. The van der Waals surface area contributed by atoms with Gasteiger partial charge in [0.25, 0.3) is 0 Å². The van der Waals surface area contributed by atoms with Crippen molar-refractivity contribution in [1.29, 1.82) is 0 Å². The number of hydrogen-bond donors (Lipinski definition) is 1. The van der Waals surface area contributed by atoms with Gasteiger partial charge in [0.1, 0.15) is 5.75 Å². The first kappa shape index (κ1) is 17.3. The van der Waals surface area contributed by atoms with E-state index in [0.29, 0.717) is 0 Å². The highest BCUT2D eigenvalue weighted by Crippen LogP contribution is 2.36. The van der Waals surface area contributed by atoms with Crippen LogP contribution in [0.3, 0.4) is 0 Å². The second-order valence-electron chi connectivity index (χ2n) is 6.48. The van der Waals surface area contributed by atoms with Gasteiger partial charge in [-0.1, -0.05) is 50.2 Å². The van der Waals surface area contributed by atoms with E-state index in [-0.39, 0.29) is 5.75 Å². The Hall–Kier alpha value is -2.55. The maximum Gasteiger partial charge on any atom is 0.116 e. The minimum Gasteiger partial charge on any atom is -0.508 e. The number of rotatable bonds is 6. The number of hydrogen-bond acceptors (Lipinski definition) is 3. The molecule has 25 heavy (non-hydrogen) atoms. The van der Waals surface area contributed by atoms with Crippen LogP contribution in [0.25, 0.3) is 22.0 Å². The zero-order valence-electron chi connectivity index (χ0n) is 15.3. The molecule has 3 rings (SSSR count). The van der Waals surface area contributed by atoms with Crippen LogP contribution < -0.4 is 4.90 Å². The first-order valence-corrected chi connectivity index (χ1v) is 9.09. The van der Waals surface area contributed by atoms with Gasteiger partial charge in [-0.15, -0.1) is 0 Å². The average molecular weight is 334 g/mol. The van der Waals surface area contributed by atoms with Crippen LogP contribution in [0.2, 0.25) is 0 Å². The van der Waals surface area contributed by atoms with Gasteiger partial charge in [-0.2, -0.15) is 0 Å². The van der Waals surface area contributed by atoms with Gasteiger partial charge >= 0.3 is 0 Å². The van der Waals surface area contributed by atoms with E-state index in [4.69, 9.17) is 4.98 Å². The van der Waals surface area contributed by atoms with Crippen LogP contribution >= 0.6 is 0 Å². The fraction of sp³-hybridized carbons (Fsp3) is 0.318. The summed E-state index contributed by atoms with van der Waals surface area (Å²) in [6.07, 6.45) is 2.23. The summed E-state index contributed by atoms with van der Waals surface area (Å²) in [6, 6.07) is 15.8. The van der Waals surface area contributed by atoms with E-state index in [1.54, 1.807) is 12.1 Å². The lowest BCUT2D eigenvalue weighted by molar-refractivity contribution is 0.475. The topological polar surface area (TPSA) is 36.4 Å². The highest BCUT2D eigenvalue weighted by Gasteiger charge is 2.17. The van der Waals surface area contributed by atoms with Crippen molar-refractivity contribution >= 4 is 16.5 Å². The molecule has 0 radical (unpaired) electrons. The van der Waals surface area contributed by atoms with Gasteiger partial charge in [0, 0.05) is 29.4 Å². The normalized spacial score (nSPS) is 11.0. The molecule has 3 nitrogen and oxygen atoms in total. The second kappa shape index (κ2) is 7.56. The fourth-order valence-electron chi connectivity index (χ4n) is 3.52. The van der Waals surface area contributed by atoms with Crippen LogP contribution in [0.5, 0.6) is 5.75 Å². The van der Waals surface area contributed by atoms with Crippen molar-refractivity contribution in [3.8, 4) is 17.0 Å². The van der Waals surface area contributed by atoms with Crippen molar-refractivity contribution in [2.75, 3.05) is 18.0 Å². The van der Waals surface area contributed by atoms with Gasteiger partial charge in [-0.25, -0.2) is 0 Å². The van der Waals surface area contributed by atoms with Crippen LogP contribution in [0.15, 0.2) is 48.5 Å². The molecule has 0 aliphatic heterocycles. The number of nitrogens with zero attached hydrogens (tertiary/aromatic N) is 2. The predicted molar refractivity (Wildman–Crippen MR) is 106 cm³/mol. The summed E-state index contributed by atoms with van der Waals surface area (Å²) in [6.45, 7) is 8.59. The first-order chi connectivity index (χ1) is 12.2.